The van der Waals surface area contributed by atoms with Gasteiger partial charge in [0, 0.05) is 5.02 Å². The van der Waals surface area contributed by atoms with Crippen LogP contribution in [0.2, 0.25) is 5.02 Å². The second-order valence-corrected chi connectivity index (χ2v) is 4.00. The lowest BCUT2D eigenvalue weighted by atomic mass is 10.0. The molecule has 1 heteroatoms. The summed E-state index contributed by atoms with van der Waals surface area (Å²) in [5.41, 5.74) is 4.99. The molecule has 1 aromatic rings. The quantitative estimate of drug-likeness (QED) is 0.619. The van der Waals surface area contributed by atoms with E-state index in [1.165, 1.54) is 16.7 Å². The van der Waals surface area contributed by atoms with Crippen molar-refractivity contribution in [1.29, 1.82) is 0 Å². The Morgan fingerprint density at radius 3 is 2.23 bits per heavy atom. The molecule has 1 rings (SSSR count). The van der Waals surface area contributed by atoms with Crippen molar-refractivity contribution in [2.24, 2.45) is 0 Å². The Morgan fingerprint density at radius 2 is 1.77 bits per heavy atom. The maximum absolute atomic E-state index is 6.04. The molecule has 0 bridgehead atoms. The van der Waals surface area contributed by atoms with E-state index in [4.69, 9.17) is 11.6 Å². The van der Waals surface area contributed by atoms with Gasteiger partial charge in [-0.05, 0) is 50.5 Å². The Kier molecular flexibility index (Phi) is 3.16. The van der Waals surface area contributed by atoms with Crippen molar-refractivity contribution in [3.63, 3.8) is 0 Å². The molecule has 0 N–H and O–H groups in total. The van der Waals surface area contributed by atoms with Crippen molar-refractivity contribution >= 4 is 17.2 Å². The largest absolute Gasteiger partial charge is 0.0840 e. The highest BCUT2D eigenvalue weighted by Crippen LogP contribution is 2.23. The van der Waals surface area contributed by atoms with Gasteiger partial charge < -0.3 is 0 Å². The molecule has 0 amide bonds. The van der Waals surface area contributed by atoms with Gasteiger partial charge >= 0.3 is 0 Å². The fourth-order valence-electron chi connectivity index (χ4n) is 1.11. The summed E-state index contributed by atoms with van der Waals surface area (Å²) in [4.78, 5) is 0. The summed E-state index contributed by atoms with van der Waals surface area (Å²) in [5.74, 6) is 0. The van der Waals surface area contributed by atoms with Crippen LogP contribution >= 0.6 is 11.6 Å². The van der Waals surface area contributed by atoms with Crippen LogP contribution in [-0.4, -0.2) is 0 Å². The zero-order valence-electron chi connectivity index (χ0n) is 8.61. The van der Waals surface area contributed by atoms with Crippen molar-refractivity contribution in [3.05, 3.63) is 39.9 Å². The molecule has 70 valence electrons. The van der Waals surface area contributed by atoms with E-state index in [-0.39, 0.29) is 0 Å². The van der Waals surface area contributed by atoms with Gasteiger partial charge in [-0.15, -0.1) is 0 Å². The number of hydrogen-bond acceptors (Lipinski definition) is 0. The highest BCUT2D eigenvalue weighted by atomic mass is 35.5. The molecule has 13 heavy (non-hydrogen) atoms. The van der Waals surface area contributed by atoms with E-state index in [2.05, 4.69) is 32.9 Å². The first-order chi connectivity index (χ1) is 6.02. The van der Waals surface area contributed by atoms with Crippen molar-refractivity contribution < 1.29 is 0 Å². The maximum Gasteiger partial charge on any atom is 0.0441 e. The van der Waals surface area contributed by atoms with E-state index in [1.807, 2.05) is 13.0 Å². The third-order valence-electron chi connectivity index (χ3n) is 2.35. The van der Waals surface area contributed by atoms with Crippen molar-refractivity contribution in [3.8, 4) is 0 Å². The SMILES string of the molecule is CC(C)=C(C)c1ccc(C)c(Cl)c1. The van der Waals surface area contributed by atoms with Crippen molar-refractivity contribution in [1.82, 2.24) is 0 Å². The predicted octanol–water partition coefficient (Wildman–Crippen LogP) is 4.46. The Morgan fingerprint density at radius 1 is 1.15 bits per heavy atom. The number of allylic oxidation sites excluding steroid dienone is 2. The normalized spacial score (nSPS) is 9.92. The zero-order chi connectivity index (χ0) is 10.0. The topological polar surface area (TPSA) is 0 Å². The van der Waals surface area contributed by atoms with Gasteiger partial charge in [0.2, 0.25) is 0 Å². The number of benzene rings is 1. The van der Waals surface area contributed by atoms with E-state index in [1.54, 1.807) is 0 Å². The smallest absolute Gasteiger partial charge is 0.0441 e. The van der Waals surface area contributed by atoms with E-state index >= 15 is 0 Å². The fourth-order valence-corrected chi connectivity index (χ4v) is 1.30. The molecule has 0 aliphatic rings. The van der Waals surface area contributed by atoms with Gasteiger partial charge in [0.1, 0.15) is 0 Å². The van der Waals surface area contributed by atoms with Crippen LogP contribution in [0, 0.1) is 6.92 Å². The minimum Gasteiger partial charge on any atom is -0.0840 e. The van der Waals surface area contributed by atoms with Gasteiger partial charge in [0.25, 0.3) is 0 Å². The zero-order valence-corrected chi connectivity index (χ0v) is 9.37. The lowest BCUT2D eigenvalue weighted by Crippen LogP contribution is -1.84. The molecule has 0 fully saturated rings. The molecule has 1 aromatic carbocycles. The average molecular weight is 195 g/mol. The fraction of sp³-hybridized carbons (Fsp3) is 0.333. The third-order valence-corrected chi connectivity index (χ3v) is 2.76. The van der Waals surface area contributed by atoms with Crippen LogP contribution in [0.25, 0.3) is 5.57 Å². The molecule has 0 heterocycles. The minimum atomic E-state index is 0.845. The van der Waals surface area contributed by atoms with Gasteiger partial charge in [0.05, 0.1) is 0 Å². The highest BCUT2D eigenvalue weighted by Gasteiger charge is 2.00. The molecular weight excluding hydrogens is 180 g/mol. The summed E-state index contributed by atoms with van der Waals surface area (Å²) >= 11 is 6.04. The van der Waals surface area contributed by atoms with Crippen molar-refractivity contribution in [2.45, 2.75) is 27.7 Å². The van der Waals surface area contributed by atoms with Gasteiger partial charge in [-0.3, -0.25) is 0 Å². The van der Waals surface area contributed by atoms with Crippen LogP contribution in [0.4, 0.5) is 0 Å². The average Bonchev–Trinajstić information content (AvgIpc) is 2.08. The molecular formula is C12H15Cl. The van der Waals surface area contributed by atoms with Gasteiger partial charge in [-0.2, -0.15) is 0 Å². The van der Waals surface area contributed by atoms with Crippen molar-refractivity contribution in [2.75, 3.05) is 0 Å². The highest BCUT2D eigenvalue weighted by molar-refractivity contribution is 6.31. The molecule has 0 saturated heterocycles. The van der Waals surface area contributed by atoms with Gasteiger partial charge in [-0.25, -0.2) is 0 Å². The molecule has 0 aromatic heterocycles. The van der Waals surface area contributed by atoms with E-state index in [9.17, 15) is 0 Å². The predicted molar refractivity (Wildman–Crippen MR) is 60.1 cm³/mol. The number of hydrogen-bond donors (Lipinski definition) is 0. The van der Waals surface area contributed by atoms with Crippen LogP contribution in [0.1, 0.15) is 31.9 Å². The summed E-state index contributed by atoms with van der Waals surface area (Å²) in [5, 5.41) is 0.845. The summed E-state index contributed by atoms with van der Waals surface area (Å²) < 4.78 is 0. The monoisotopic (exact) mass is 194 g/mol. The van der Waals surface area contributed by atoms with Crippen LogP contribution in [0.5, 0.6) is 0 Å². The van der Waals surface area contributed by atoms with Gasteiger partial charge in [0.15, 0.2) is 0 Å². The first-order valence-electron chi connectivity index (χ1n) is 4.43. The molecule has 0 radical (unpaired) electrons. The molecule has 0 saturated carbocycles. The van der Waals surface area contributed by atoms with Gasteiger partial charge in [-0.1, -0.05) is 29.3 Å². The van der Waals surface area contributed by atoms with E-state index in [0.29, 0.717) is 0 Å². The standard InChI is InChI=1S/C12H15Cl/c1-8(2)10(4)11-6-5-9(3)12(13)7-11/h5-7H,1-4H3. The Balaban J connectivity index is 3.19. The van der Waals surface area contributed by atoms with Crippen LogP contribution in [0.15, 0.2) is 23.8 Å². The summed E-state index contributed by atoms with van der Waals surface area (Å²) in [7, 11) is 0. The number of rotatable bonds is 1. The lowest BCUT2D eigenvalue weighted by Gasteiger charge is -2.06. The maximum atomic E-state index is 6.04. The lowest BCUT2D eigenvalue weighted by molar-refractivity contribution is 1.35. The molecule has 0 nitrogen and oxygen atoms in total. The molecule has 0 spiro atoms. The van der Waals surface area contributed by atoms with E-state index in [0.717, 1.165) is 10.6 Å². The summed E-state index contributed by atoms with van der Waals surface area (Å²) in [6.07, 6.45) is 0. The first kappa shape index (κ1) is 10.3. The molecule has 0 unspecified atom stereocenters. The van der Waals surface area contributed by atoms with E-state index < -0.39 is 0 Å². The summed E-state index contributed by atoms with van der Waals surface area (Å²) in [6, 6.07) is 6.20. The third kappa shape index (κ3) is 2.35. The molecule has 0 aliphatic heterocycles. The second kappa shape index (κ2) is 3.97. The molecule has 0 aliphatic carbocycles. The Bertz CT molecular complexity index is 344. The molecule has 0 atom stereocenters. The number of halogens is 1. The first-order valence-corrected chi connectivity index (χ1v) is 4.80. The van der Waals surface area contributed by atoms with Crippen LogP contribution in [-0.2, 0) is 0 Å². The number of aryl methyl sites for hydroxylation is 1. The van der Waals surface area contributed by atoms with Crippen LogP contribution < -0.4 is 0 Å². The minimum absolute atomic E-state index is 0.845. The Hall–Kier alpha value is -0.750. The second-order valence-electron chi connectivity index (χ2n) is 3.59. The Labute approximate surface area is 85.2 Å². The van der Waals surface area contributed by atoms with Crippen LogP contribution in [0.3, 0.4) is 0 Å². The summed E-state index contributed by atoms with van der Waals surface area (Å²) in [6.45, 7) is 8.37.